The van der Waals surface area contributed by atoms with Gasteiger partial charge in [-0.15, -0.1) is 0 Å². The third-order valence-electron chi connectivity index (χ3n) is 9.73. The predicted octanol–water partition coefficient (Wildman–Crippen LogP) is 9.10. The Morgan fingerprint density at radius 1 is 0.643 bits per heavy atom. The Balaban J connectivity index is 1.32. The Kier molecular flexibility index (Phi) is 5.10. The van der Waals surface area contributed by atoms with Crippen LogP contribution in [0, 0.1) is 0 Å². The number of rotatable bonds is 3. The quantitative estimate of drug-likeness (QED) is 0.198. The summed E-state index contributed by atoms with van der Waals surface area (Å²) in [5.74, 6) is 0.192. The summed E-state index contributed by atoms with van der Waals surface area (Å²) < 4.78 is 0. The van der Waals surface area contributed by atoms with Crippen molar-refractivity contribution in [2.45, 2.75) is 25.7 Å². The standard InChI is InChI=1S/C42H30/c1-2-26-22-39(35-18-9-15-29-21-27-11-3-4-12-28(27)23-37(29)35)42-33-17-8-6-14-31(33)25-40(42)41(26)36-20-10-19-34-32-16-7-5-13-30(32)24-38(34)36/h3-23,25,39H,2,24H2,1H3. The second kappa shape index (κ2) is 9.03. The van der Waals surface area contributed by atoms with E-state index in [0.717, 1.165) is 12.8 Å². The van der Waals surface area contributed by atoms with Crippen molar-refractivity contribution >= 4 is 38.8 Å². The van der Waals surface area contributed by atoms with Crippen LogP contribution in [-0.4, -0.2) is 0 Å². The maximum Gasteiger partial charge on any atom is 0.0293 e. The fraction of sp³-hybridized carbons (Fsp3) is 0.0952. The third-order valence-corrected chi connectivity index (χ3v) is 9.73. The van der Waals surface area contributed by atoms with Crippen molar-refractivity contribution in [1.82, 2.24) is 0 Å². The van der Waals surface area contributed by atoms with Crippen molar-refractivity contribution in [3.05, 3.63) is 171 Å². The van der Waals surface area contributed by atoms with Gasteiger partial charge in [-0.25, -0.2) is 0 Å². The van der Waals surface area contributed by atoms with Crippen LogP contribution in [-0.2, 0) is 6.42 Å². The van der Waals surface area contributed by atoms with Crippen LogP contribution >= 0.6 is 0 Å². The molecule has 0 fully saturated rings. The molecule has 0 aliphatic heterocycles. The van der Waals surface area contributed by atoms with E-state index in [-0.39, 0.29) is 5.92 Å². The van der Waals surface area contributed by atoms with Crippen LogP contribution in [0.25, 0.3) is 49.9 Å². The second-order valence-corrected chi connectivity index (χ2v) is 11.9. The Labute approximate surface area is 246 Å². The molecule has 198 valence electrons. The van der Waals surface area contributed by atoms with Gasteiger partial charge < -0.3 is 0 Å². The van der Waals surface area contributed by atoms with Gasteiger partial charge in [0.05, 0.1) is 0 Å². The molecular weight excluding hydrogens is 504 g/mol. The minimum Gasteiger partial charge on any atom is -0.0687 e. The average molecular weight is 535 g/mol. The van der Waals surface area contributed by atoms with E-state index >= 15 is 0 Å². The maximum atomic E-state index is 2.59. The van der Waals surface area contributed by atoms with Crippen LogP contribution in [0.1, 0.15) is 41.5 Å². The third kappa shape index (κ3) is 3.36. The van der Waals surface area contributed by atoms with Gasteiger partial charge in [0.25, 0.3) is 0 Å². The molecule has 6 aromatic rings. The van der Waals surface area contributed by atoms with Gasteiger partial charge in [-0.05, 0) is 119 Å². The first-order chi connectivity index (χ1) is 20.8. The normalized spacial score (nSPS) is 16.6. The molecule has 3 aliphatic carbocycles. The molecule has 0 amide bonds. The average Bonchev–Trinajstić information content (AvgIpc) is 3.62. The number of fused-ring (bicyclic) bond motifs is 7. The molecule has 0 bridgehead atoms. The van der Waals surface area contributed by atoms with Crippen LogP contribution in [0.3, 0.4) is 0 Å². The Morgan fingerprint density at radius 2 is 1.36 bits per heavy atom. The molecule has 9 rings (SSSR count). The molecule has 0 heterocycles. The number of benzene rings is 6. The van der Waals surface area contributed by atoms with E-state index in [4.69, 9.17) is 0 Å². The molecule has 0 aromatic heterocycles. The summed E-state index contributed by atoms with van der Waals surface area (Å²) in [5.41, 5.74) is 14.2. The summed E-state index contributed by atoms with van der Waals surface area (Å²) in [6, 6.07) is 45.3. The van der Waals surface area contributed by atoms with Crippen molar-refractivity contribution < 1.29 is 0 Å². The highest BCUT2D eigenvalue weighted by atomic mass is 14.4. The van der Waals surface area contributed by atoms with Crippen molar-refractivity contribution in [2.24, 2.45) is 0 Å². The highest BCUT2D eigenvalue weighted by molar-refractivity contribution is 6.07. The zero-order chi connectivity index (χ0) is 27.8. The molecule has 0 saturated carbocycles. The number of hydrogen-bond acceptors (Lipinski definition) is 0. The van der Waals surface area contributed by atoms with Gasteiger partial charge in [0, 0.05) is 5.92 Å². The largest absolute Gasteiger partial charge is 0.0687 e. The first-order valence-corrected chi connectivity index (χ1v) is 15.2. The molecule has 0 nitrogen and oxygen atoms in total. The van der Waals surface area contributed by atoms with E-state index in [2.05, 4.69) is 140 Å². The fourth-order valence-corrected chi connectivity index (χ4v) is 7.84. The molecule has 6 aromatic carbocycles. The smallest absolute Gasteiger partial charge is 0.0293 e. The lowest BCUT2D eigenvalue weighted by atomic mass is 9.73. The van der Waals surface area contributed by atoms with Crippen molar-refractivity contribution in [3.8, 4) is 11.1 Å². The Bertz CT molecular complexity index is 2310. The fourth-order valence-electron chi connectivity index (χ4n) is 7.84. The van der Waals surface area contributed by atoms with Crippen molar-refractivity contribution in [3.63, 3.8) is 0 Å². The van der Waals surface area contributed by atoms with E-state index in [0.29, 0.717) is 0 Å². The Morgan fingerprint density at radius 3 is 2.26 bits per heavy atom. The lowest BCUT2D eigenvalue weighted by molar-refractivity contribution is 1.04. The molecule has 0 N–H and O–H groups in total. The van der Waals surface area contributed by atoms with E-state index in [1.54, 1.807) is 0 Å². The van der Waals surface area contributed by atoms with Gasteiger partial charge in [0.2, 0.25) is 0 Å². The van der Waals surface area contributed by atoms with Crippen LogP contribution in [0.5, 0.6) is 0 Å². The maximum absolute atomic E-state index is 2.59. The highest BCUT2D eigenvalue weighted by Crippen LogP contribution is 2.50. The summed E-state index contributed by atoms with van der Waals surface area (Å²) in [7, 11) is 0. The molecule has 0 saturated heterocycles. The Hall–Kier alpha value is -4.94. The number of allylic oxidation sites excluding steroid dienone is 4. The summed E-state index contributed by atoms with van der Waals surface area (Å²) in [4.78, 5) is 0. The molecule has 1 atom stereocenters. The van der Waals surface area contributed by atoms with E-state index < -0.39 is 0 Å². The minimum atomic E-state index is 0.192. The lowest BCUT2D eigenvalue weighted by Crippen LogP contribution is -2.24. The van der Waals surface area contributed by atoms with Gasteiger partial charge in [-0.3, -0.25) is 0 Å². The minimum absolute atomic E-state index is 0.192. The summed E-state index contributed by atoms with van der Waals surface area (Å²) in [5, 5.41) is 7.95. The second-order valence-electron chi connectivity index (χ2n) is 11.9. The van der Waals surface area contributed by atoms with Crippen molar-refractivity contribution in [1.29, 1.82) is 0 Å². The molecule has 42 heavy (non-hydrogen) atoms. The molecule has 3 aliphatic rings. The topological polar surface area (TPSA) is 0 Å². The van der Waals surface area contributed by atoms with Gasteiger partial charge >= 0.3 is 0 Å². The molecule has 0 heteroatoms. The van der Waals surface area contributed by atoms with Crippen LogP contribution < -0.4 is 10.4 Å². The first kappa shape index (κ1) is 23.7. The van der Waals surface area contributed by atoms with Crippen molar-refractivity contribution in [2.75, 3.05) is 0 Å². The monoisotopic (exact) mass is 534 g/mol. The van der Waals surface area contributed by atoms with Gasteiger partial charge in [-0.2, -0.15) is 0 Å². The van der Waals surface area contributed by atoms with E-state index in [1.807, 2.05) is 0 Å². The van der Waals surface area contributed by atoms with Crippen LogP contribution in [0.2, 0.25) is 0 Å². The van der Waals surface area contributed by atoms with Gasteiger partial charge in [0.15, 0.2) is 0 Å². The van der Waals surface area contributed by atoms with Gasteiger partial charge in [0.1, 0.15) is 0 Å². The van der Waals surface area contributed by atoms with E-state index in [1.165, 1.54) is 87.7 Å². The lowest BCUT2D eigenvalue weighted by Gasteiger charge is -2.30. The summed E-state index contributed by atoms with van der Waals surface area (Å²) in [6.07, 6.45) is 7.06. The SMILES string of the molecule is CCC1=CC(c2cccc3cc4ccccc4cc23)C2=c3ccccc3=CC2=C1c1cccc2c1Cc1ccccc1-2. The van der Waals surface area contributed by atoms with Crippen LogP contribution in [0.4, 0.5) is 0 Å². The zero-order valence-electron chi connectivity index (χ0n) is 23.7. The van der Waals surface area contributed by atoms with E-state index in [9.17, 15) is 0 Å². The number of hydrogen-bond donors (Lipinski definition) is 0. The van der Waals surface area contributed by atoms with Crippen LogP contribution in [0.15, 0.2) is 139 Å². The molecular formula is C42H30. The molecule has 0 spiro atoms. The summed E-state index contributed by atoms with van der Waals surface area (Å²) >= 11 is 0. The van der Waals surface area contributed by atoms with Gasteiger partial charge in [-0.1, -0.05) is 122 Å². The predicted molar refractivity (Wildman–Crippen MR) is 178 cm³/mol. The first-order valence-electron chi connectivity index (χ1n) is 15.2. The molecule has 1 unspecified atom stereocenters. The molecule has 0 radical (unpaired) electrons. The highest BCUT2D eigenvalue weighted by Gasteiger charge is 2.33. The summed E-state index contributed by atoms with van der Waals surface area (Å²) in [6.45, 7) is 2.32. The zero-order valence-corrected chi connectivity index (χ0v) is 23.7.